The van der Waals surface area contributed by atoms with Crippen LogP contribution in [0, 0.1) is 0 Å². The molecule has 0 bridgehead atoms. The molecule has 0 spiro atoms. The summed E-state index contributed by atoms with van der Waals surface area (Å²) in [6.45, 7) is 0.787. The molecule has 3 rings (SSSR count). The molecule has 0 radical (unpaired) electrons. The normalized spacial score (nSPS) is 25.0. The molecule has 1 aliphatic carbocycles. The number of nitrogens with one attached hydrogen (secondary N) is 1. The third kappa shape index (κ3) is 2.81. The predicted molar refractivity (Wildman–Crippen MR) is 81.8 cm³/mol. The van der Waals surface area contributed by atoms with Crippen LogP contribution in [0.5, 0.6) is 0 Å². The summed E-state index contributed by atoms with van der Waals surface area (Å²) < 4.78 is 50.3. The number of aromatic amines is 1. The van der Waals surface area contributed by atoms with E-state index in [1.807, 2.05) is 0 Å². The lowest BCUT2D eigenvalue weighted by Crippen LogP contribution is -2.36. The molecule has 1 atom stereocenters. The molecule has 9 heteroatoms. The molecule has 1 saturated heterocycles. The molecule has 1 N–H and O–H groups in total. The van der Waals surface area contributed by atoms with Crippen LogP contribution in [-0.4, -0.2) is 55.9 Å². The van der Waals surface area contributed by atoms with Crippen LogP contribution >= 0.6 is 0 Å². The molecule has 22 heavy (non-hydrogen) atoms. The van der Waals surface area contributed by atoms with E-state index in [1.165, 1.54) is 10.5 Å². The average Bonchev–Trinajstić information content (AvgIpc) is 3.18. The van der Waals surface area contributed by atoms with Crippen molar-refractivity contribution in [2.45, 2.75) is 48.2 Å². The minimum absolute atomic E-state index is 0.136. The number of hydrogen-bond donors (Lipinski definition) is 1. The molecule has 2 heterocycles. The highest BCUT2D eigenvalue weighted by atomic mass is 32.2. The van der Waals surface area contributed by atoms with Crippen LogP contribution in [0.3, 0.4) is 0 Å². The zero-order valence-electron chi connectivity index (χ0n) is 12.5. The quantitative estimate of drug-likeness (QED) is 0.871. The van der Waals surface area contributed by atoms with Gasteiger partial charge in [-0.25, -0.2) is 21.1 Å². The van der Waals surface area contributed by atoms with Crippen molar-refractivity contribution in [3.8, 4) is 0 Å². The molecular formula is C13H21N3O4S2. The van der Waals surface area contributed by atoms with Gasteiger partial charge in [0.1, 0.15) is 4.90 Å². The standard InChI is InChI=1S/C13H21N3O4S2/c1-21(17,18)12-8-14-15-13(12)10-6-7-16(9-10)22(19,20)11-4-2-3-5-11/h8,10-11H,2-7,9H2,1H3,(H,14,15). The van der Waals surface area contributed by atoms with Crippen LogP contribution in [0.25, 0.3) is 0 Å². The van der Waals surface area contributed by atoms with E-state index < -0.39 is 19.9 Å². The molecule has 0 amide bonds. The average molecular weight is 347 g/mol. The monoisotopic (exact) mass is 347 g/mol. The van der Waals surface area contributed by atoms with Gasteiger partial charge in [-0.05, 0) is 19.3 Å². The summed E-state index contributed by atoms with van der Waals surface area (Å²) in [5, 5.41) is 6.31. The van der Waals surface area contributed by atoms with Gasteiger partial charge in [0.05, 0.1) is 17.1 Å². The van der Waals surface area contributed by atoms with E-state index in [4.69, 9.17) is 0 Å². The van der Waals surface area contributed by atoms with Crippen molar-refractivity contribution < 1.29 is 16.8 Å². The summed E-state index contributed by atoms with van der Waals surface area (Å²) in [7, 11) is -6.62. The number of nitrogens with zero attached hydrogens (tertiary/aromatic N) is 2. The Morgan fingerprint density at radius 3 is 2.50 bits per heavy atom. The summed E-state index contributed by atoms with van der Waals surface area (Å²) in [6.07, 6.45) is 6.49. The van der Waals surface area contributed by atoms with Crippen LogP contribution in [-0.2, 0) is 19.9 Å². The Kier molecular flexibility index (Phi) is 4.07. The third-order valence-electron chi connectivity index (χ3n) is 4.67. The van der Waals surface area contributed by atoms with E-state index in [0.29, 0.717) is 25.2 Å². The number of aromatic nitrogens is 2. The second kappa shape index (κ2) is 5.61. The van der Waals surface area contributed by atoms with Crippen molar-refractivity contribution >= 4 is 19.9 Å². The summed E-state index contributed by atoms with van der Waals surface area (Å²) in [5.74, 6) is -0.136. The van der Waals surface area contributed by atoms with Crippen LogP contribution in [0.15, 0.2) is 11.1 Å². The first-order valence-corrected chi connectivity index (χ1v) is 10.9. The van der Waals surface area contributed by atoms with E-state index in [1.54, 1.807) is 0 Å². The largest absolute Gasteiger partial charge is 0.281 e. The Morgan fingerprint density at radius 1 is 1.18 bits per heavy atom. The molecule has 1 unspecified atom stereocenters. The highest BCUT2D eigenvalue weighted by molar-refractivity contribution is 7.90. The Balaban J connectivity index is 1.80. The van der Waals surface area contributed by atoms with Gasteiger partial charge in [0.15, 0.2) is 9.84 Å². The fourth-order valence-electron chi connectivity index (χ4n) is 3.47. The zero-order valence-corrected chi connectivity index (χ0v) is 14.2. The van der Waals surface area contributed by atoms with Gasteiger partial charge in [0, 0.05) is 25.3 Å². The summed E-state index contributed by atoms with van der Waals surface area (Å²) in [4.78, 5) is 0.178. The van der Waals surface area contributed by atoms with Crippen LogP contribution < -0.4 is 0 Å². The number of H-pyrrole nitrogens is 1. The fourth-order valence-corrected chi connectivity index (χ4v) is 6.42. The van der Waals surface area contributed by atoms with Gasteiger partial charge in [0.25, 0.3) is 0 Å². The lowest BCUT2D eigenvalue weighted by molar-refractivity contribution is 0.459. The number of rotatable bonds is 4. The van der Waals surface area contributed by atoms with Gasteiger partial charge in [-0.3, -0.25) is 5.10 Å². The molecule has 1 saturated carbocycles. The van der Waals surface area contributed by atoms with Gasteiger partial charge >= 0.3 is 0 Å². The molecular weight excluding hydrogens is 326 g/mol. The topological polar surface area (TPSA) is 100 Å². The van der Waals surface area contributed by atoms with Crippen molar-refractivity contribution in [1.82, 2.24) is 14.5 Å². The summed E-state index contributed by atoms with van der Waals surface area (Å²) in [6, 6.07) is 0. The first-order chi connectivity index (χ1) is 10.3. The highest BCUT2D eigenvalue weighted by Gasteiger charge is 2.39. The highest BCUT2D eigenvalue weighted by Crippen LogP contribution is 2.35. The van der Waals surface area contributed by atoms with Gasteiger partial charge in [-0.2, -0.15) is 5.10 Å². The summed E-state index contributed by atoms with van der Waals surface area (Å²) >= 11 is 0. The van der Waals surface area contributed by atoms with Gasteiger partial charge in [-0.1, -0.05) is 12.8 Å². The number of sulfone groups is 1. The Bertz CT molecular complexity index is 748. The zero-order chi connectivity index (χ0) is 16.0. The molecule has 1 aliphatic heterocycles. The predicted octanol–water partition coefficient (Wildman–Crippen LogP) is 0.875. The smallest absolute Gasteiger partial charge is 0.217 e. The van der Waals surface area contributed by atoms with Gasteiger partial charge in [-0.15, -0.1) is 0 Å². The van der Waals surface area contributed by atoms with Crippen LogP contribution in [0.1, 0.15) is 43.7 Å². The fraction of sp³-hybridized carbons (Fsp3) is 0.769. The number of hydrogen-bond acceptors (Lipinski definition) is 5. The van der Waals surface area contributed by atoms with E-state index in [2.05, 4.69) is 10.2 Å². The molecule has 1 aromatic rings. The van der Waals surface area contributed by atoms with Crippen molar-refractivity contribution in [3.05, 3.63) is 11.9 Å². The molecule has 7 nitrogen and oxygen atoms in total. The third-order valence-corrected chi connectivity index (χ3v) is 8.16. The SMILES string of the molecule is CS(=O)(=O)c1cn[nH]c1C1CCN(S(=O)(=O)C2CCCC2)C1. The van der Waals surface area contributed by atoms with Crippen LogP contribution in [0.2, 0.25) is 0 Å². The lowest BCUT2D eigenvalue weighted by atomic mass is 10.1. The molecule has 1 aromatic heterocycles. The van der Waals surface area contributed by atoms with Crippen molar-refractivity contribution in [3.63, 3.8) is 0 Å². The van der Waals surface area contributed by atoms with Crippen molar-refractivity contribution in [2.75, 3.05) is 19.3 Å². The molecule has 124 valence electrons. The molecule has 0 aromatic carbocycles. The van der Waals surface area contributed by atoms with Gasteiger partial charge < -0.3 is 0 Å². The van der Waals surface area contributed by atoms with Crippen molar-refractivity contribution in [1.29, 1.82) is 0 Å². The maximum Gasteiger partial charge on any atom is 0.217 e. The maximum atomic E-state index is 12.6. The van der Waals surface area contributed by atoms with E-state index in [9.17, 15) is 16.8 Å². The Morgan fingerprint density at radius 2 is 1.86 bits per heavy atom. The first kappa shape index (κ1) is 15.9. The first-order valence-electron chi connectivity index (χ1n) is 7.52. The molecule has 2 aliphatic rings. The maximum absolute atomic E-state index is 12.6. The minimum Gasteiger partial charge on any atom is -0.281 e. The second-order valence-electron chi connectivity index (χ2n) is 6.22. The summed E-state index contributed by atoms with van der Waals surface area (Å²) in [5.41, 5.74) is 0.534. The van der Waals surface area contributed by atoms with Crippen molar-refractivity contribution in [2.24, 2.45) is 0 Å². The van der Waals surface area contributed by atoms with E-state index in [-0.39, 0.29) is 16.1 Å². The lowest BCUT2D eigenvalue weighted by Gasteiger charge is -2.21. The Hall–Kier alpha value is -0.930. The number of sulfonamides is 1. The van der Waals surface area contributed by atoms with Gasteiger partial charge in [0.2, 0.25) is 10.0 Å². The van der Waals surface area contributed by atoms with E-state index >= 15 is 0 Å². The second-order valence-corrected chi connectivity index (χ2v) is 10.4. The van der Waals surface area contributed by atoms with Crippen LogP contribution in [0.4, 0.5) is 0 Å². The minimum atomic E-state index is -3.36. The Labute approximate surface area is 131 Å². The molecule has 2 fully saturated rings. The van der Waals surface area contributed by atoms with E-state index in [0.717, 1.165) is 31.9 Å².